The topological polar surface area (TPSA) is 80.5 Å². The molecule has 0 amide bonds. The maximum absolute atomic E-state index is 12.8. The van der Waals surface area contributed by atoms with Crippen LogP contribution in [0.2, 0.25) is 0 Å². The highest BCUT2D eigenvalue weighted by molar-refractivity contribution is 5.72. The first-order valence-electron chi connectivity index (χ1n) is 8.73. The number of nitrogens with two attached hydrogens (primary N) is 1. The lowest BCUT2D eigenvalue weighted by Crippen LogP contribution is -2.04. The maximum atomic E-state index is 12.8. The molecule has 4 aromatic rings. The van der Waals surface area contributed by atoms with Crippen LogP contribution in [0, 0.1) is 6.92 Å². The van der Waals surface area contributed by atoms with Gasteiger partial charge in [0, 0.05) is 17.5 Å². The lowest BCUT2D eigenvalue weighted by atomic mass is 10.0. The molecule has 3 N–H and O–H groups in total. The zero-order valence-electron chi connectivity index (χ0n) is 15.3. The number of aromatic amines is 1. The van der Waals surface area contributed by atoms with Crippen LogP contribution in [0.5, 0.6) is 0 Å². The van der Waals surface area contributed by atoms with Gasteiger partial charge in [-0.25, -0.2) is 4.98 Å². The van der Waals surface area contributed by atoms with E-state index in [9.17, 15) is 13.2 Å². The van der Waals surface area contributed by atoms with Gasteiger partial charge in [-0.3, -0.25) is 10.1 Å². The first kappa shape index (κ1) is 18.7. The first-order chi connectivity index (χ1) is 13.8. The highest BCUT2D eigenvalue weighted by Gasteiger charge is 2.30. The number of benzene rings is 1. The van der Waals surface area contributed by atoms with E-state index in [1.807, 2.05) is 31.2 Å². The Balaban J connectivity index is 1.68. The number of nitrogen functional groups attached to an aromatic ring is 1. The number of nitrogens with zero attached hydrogens (tertiary/aromatic N) is 3. The lowest BCUT2D eigenvalue weighted by Gasteiger charge is -2.09. The Bertz CT molecular complexity index is 1150. The highest BCUT2D eigenvalue weighted by atomic mass is 19.4. The Hall–Kier alpha value is -3.68. The number of pyridine rings is 2. The van der Waals surface area contributed by atoms with Crippen LogP contribution in [-0.4, -0.2) is 20.2 Å². The summed E-state index contributed by atoms with van der Waals surface area (Å²) in [5.41, 5.74) is 9.93. The van der Waals surface area contributed by atoms with Crippen molar-refractivity contribution in [3.63, 3.8) is 0 Å². The summed E-state index contributed by atoms with van der Waals surface area (Å²) in [7, 11) is 0. The van der Waals surface area contributed by atoms with E-state index in [2.05, 4.69) is 20.2 Å². The minimum atomic E-state index is -4.36. The van der Waals surface area contributed by atoms with Gasteiger partial charge < -0.3 is 5.73 Å². The molecule has 0 bridgehead atoms. The Morgan fingerprint density at radius 3 is 2.24 bits per heavy atom. The van der Waals surface area contributed by atoms with Crippen molar-refractivity contribution in [2.75, 3.05) is 5.73 Å². The number of halogens is 3. The van der Waals surface area contributed by atoms with E-state index in [1.54, 1.807) is 12.3 Å². The second-order valence-corrected chi connectivity index (χ2v) is 6.60. The Morgan fingerprint density at radius 1 is 0.862 bits per heavy atom. The number of hydrogen-bond acceptors (Lipinski definition) is 4. The Morgan fingerprint density at radius 2 is 1.59 bits per heavy atom. The number of hydrogen-bond donors (Lipinski definition) is 2. The second kappa shape index (κ2) is 7.05. The number of alkyl halides is 3. The zero-order valence-corrected chi connectivity index (χ0v) is 15.3. The summed E-state index contributed by atoms with van der Waals surface area (Å²) >= 11 is 0. The molecular formula is C21H16F3N5. The molecule has 0 saturated heterocycles. The molecule has 1 aromatic carbocycles. The largest absolute Gasteiger partial charge is 0.416 e. The van der Waals surface area contributed by atoms with Crippen LogP contribution in [0.25, 0.3) is 33.8 Å². The van der Waals surface area contributed by atoms with Crippen molar-refractivity contribution >= 4 is 5.82 Å². The molecule has 3 aromatic heterocycles. The summed E-state index contributed by atoms with van der Waals surface area (Å²) < 4.78 is 38.4. The molecule has 0 aliphatic carbocycles. The summed E-state index contributed by atoms with van der Waals surface area (Å²) in [6.45, 7) is 1.83. The Kier molecular flexibility index (Phi) is 4.54. The molecule has 0 fully saturated rings. The van der Waals surface area contributed by atoms with Crippen LogP contribution in [0.15, 0.2) is 60.8 Å². The van der Waals surface area contributed by atoms with Gasteiger partial charge in [0.15, 0.2) is 0 Å². The molecule has 146 valence electrons. The van der Waals surface area contributed by atoms with E-state index in [1.165, 1.54) is 12.1 Å². The Labute approximate surface area is 164 Å². The molecule has 8 heteroatoms. The average molecular weight is 395 g/mol. The molecule has 0 unspecified atom stereocenters. The van der Waals surface area contributed by atoms with Crippen molar-refractivity contribution in [1.82, 2.24) is 20.2 Å². The molecule has 29 heavy (non-hydrogen) atoms. The van der Waals surface area contributed by atoms with Gasteiger partial charge in [0.1, 0.15) is 5.82 Å². The molecule has 0 atom stereocenters. The van der Waals surface area contributed by atoms with E-state index in [-0.39, 0.29) is 0 Å². The van der Waals surface area contributed by atoms with Crippen LogP contribution >= 0.6 is 0 Å². The van der Waals surface area contributed by atoms with Gasteiger partial charge in [-0.2, -0.15) is 18.3 Å². The van der Waals surface area contributed by atoms with Crippen LogP contribution in [0.4, 0.5) is 19.0 Å². The quantitative estimate of drug-likeness (QED) is 0.505. The van der Waals surface area contributed by atoms with Crippen molar-refractivity contribution in [1.29, 1.82) is 0 Å². The summed E-state index contributed by atoms with van der Waals surface area (Å²) in [5.74, 6) is 0.422. The number of H-pyrrole nitrogens is 1. The van der Waals surface area contributed by atoms with Gasteiger partial charge in [-0.1, -0.05) is 12.1 Å². The van der Waals surface area contributed by atoms with E-state index in [4.69, 9.17) is 5.73 Å². The normalized spacial score (nSPS) is 11.6. The number of rotatable bonds is 3. The van der Waals surface area contributed by atoms with Gasteiger partial charge in [0.25, 0.3) is 0 Å². The van der Waals surface area contributed by atoms with E-state index in [0.29, 0.717) is 28.5 Å². The predicted octanol–water partition coefficient (Wildman–Crippen LogP) is 5.11. The smallest absolute Gasteiger partial charge is 0.384 e. The fourth-order valence-corrected chi connectivity index (χ4v) is 2.98. The van der Waals surface area contributed by atoms with Gasteiger partial charge in [0.05, 0.1) is 22.6 Å². The fourth-order valence-electron chi connectivity index (χ4n) is 2.98. The van der Waals surface area contributed by atoms with Crippen molar-refractivity contribution in [3.05, 3.63) is 72.1 Å². The second-order valence-electron chi connectivity index (χ2n) is 6.60. The minimum absolute atomic E-state index is 0.422. The number of aryl methyl sites for hydroxylation is 1. The molecule has 0 spiro atoms. The summed E-state index contributed by atoms with van der Waals surface area (Å²) in [6, 6.07) is 14.1. The van der Waals surface area contributed by atoms with Gasteiger partial charge in [-0.15, -0.1) is 0 Å². The van der Waals surface area contributed by atoms with Gasteiger partial charge in [-0.05, 0) is 60.5 Å². The van der Waals surface area contributed by atoms with Crippen molar-refractivity contribution in [2.45, 2.75) is 13.1 Å². The van der Waals surface area contributed by atoms with Crippen molar-refractivity contribution < 1.29 is 13.2 Å². The molecule has 0 saturated carbocycles. The third kappa shape index (κ3) is 3.96. The third-order valence-corrected chi connectivity index (χ3v) is 4.43. The zero-order chi connectivity index (χ0) is 20.6. The minimum Gasteiger partial charge on any atom is -0.384 e. The van der Waals surface area contributed by atoms with Gasteiger partial charge >= 0.3 is 6.18 Å². The van der Waals surface area contributed by atoms with Crippen LogP contribution in [0.1, 0.15) is 11.3 Å². The number of anilines is 1. The first-order valence-corrected chi connectivity index (χ1v) is 8.73. The monoisotopic (exact) mass is 395 g/mol. The predicted molar refractivity (Wildman–Crippen MR) is 105 cm³/mol. The lowest BCUT2D eigenvalue weighted by molar-refractivity contribution is -0.137. The van der Waals surface area contributed by atoms with E-state index in [0.717, 1.165) is 29.0 Å². The molecule has 0 radical (unpaired) electrons. The molecule has 0 aliphatic heterocycles. The fraction of sp³-hybridized carbons (Fsp3) is 0.0952. The standard InChI is InChI=1S/C21H16F3N5/c1-12-8-15(13-2-5-16(6-3-13)21(22,23)24)9-18(27-12)19-10-17(28-29-19)14-4-7-20(25)26-11-14/h2-11H,1H3,(H2,25,26)(H,28,29). The molecule has 4 rings (SSSR count). The van der Waals surface area contributed by atoms with Gasteiger partial charge in [0.2, 0.25) is 0 Å². The molecule has 0 aliphatic rings. The van der Waals surface area contributed by atoms with E-state index >= 15 is 0 Å². The molecule has 3 heterocycles. The third-order valence-electron chi connectivity index (χ3n) is 4.43. The van der Waals surface area contributed by atoms with Crippen molar-refractivity contribution in [2.24, 2.45) is 0 Å². The average Bonchev–Trinajstić information content (AvgIpc) is 3.18. The highest BCUT2D eigenvalue weighted by Crippen LogP contribution is 2.32. The van der Waals surface area contributed by atoms with E-state index < -0.39 is 11.7 Å². The summed E-state index contributed by atoms with van der Waals surface area (Å²) in [4.78, 5) is 8.58. The van der Waals surface area contributed by atoms with Crippen LogP contribution in [0.3, 0.4) is 0 Å². The van der Waals surface area contributed by atoms with Crippen LogP contribution in [-0.2, 0) is 6.18 Å². The maximum Gasteiger partial charge on any atom is 0.416 e. The SMILES string of the molecule is Cc1cc(-c2ccc(C(F)(F)F)cc2)cc(-c2cc(-c3ccc(N)nc3)n[nH]2)n1. The molecule has 5 nitrogen and oxygen atoms in total. The summed E-state index contributed by atoms with van der Waals surface area (Å²) in [5, 5.41) is 7.24. The number of nitrogens with one attached hydrogen (secondary N) is 1. The molecular weight excluding hydrogens is 379 g/mol. The summed E-state index contributed by atoms with van der Waals surface area (Å²) in [6.07, 6.45) is -2.73. The van der Waals surface area contributed by atoms with Crippen molar-refractivity contribution in [3.8, 4) is 33.8 Å². The van der Waals surface area contributed by atoms with Crippen LogP contribution < -0.4 is 5.73 Å². The number of aromatic nitrogens is 4.